The zero-order valence-electron chi connectivity index (χ0n) is 9.23. The second-order valence-electron chi connectivity index (χ2n) is 3.75. The maximum absolute atomic E-state index is 13.2. The topological polar surface area (TPSA) is 63.7 Å². The first-order valence-corrected chi connectivity index (χ1v) is 6.31. The summed E-state index contributed by atoms with van der Waals surface area (Å²) in [6.07, 6.45) is -1.08. The van der Waals surface area contributed by atoms with E-state index < -0.39 is 40.9 Å². The van der Waals surface area contributed by atoms with Crippen LogP contribution in [0.2, 0.25) is 0 Å². The lowest BCUT2D eigenvalue weighted by molar-refractivity contribution is -0.141. The molecule has 0 aliphatic carbocycles. The Labute approximate surface area is 98.1 Å². The van der Waals surface area contributed by atoms with Crippen molar-refractivity contribution in [3.63, 3.8) is 0 Å². The number of halogens is 2. The highest BCUT2D eigenvalue weighted by Gasteiger charge is 2.49. The normalized spacial score (nSPS) is 24.5. The van der Waals surface area contributed by atoms with Crippen LogP contribution in [0.4, 0.5) is 8.78 Å². The molecule has 0 aromatic rings. The van der Waals surface area contributed by atoms with E-state index in [9.17, 15) is 22.0 Å². The van der Waals surface area contributed by atoms with Crippen LogP contribution >= 0.6 is 0 Å². The highest BCUT2D eigenvalue weighted by atomic mass is 32.2. The van der Waals surface area contributed by atoms with Crippen LogP contribution in [0, 0.1) is 0 Å². The lowest BCUT2D eigenvalue weighted by atomic mass is 10.1. The molecule has 0 saturated carbocycles. The summed E-state index contributed by atoms with van der Waals surface area (Å²) in [4.78, 5) is 11.0. The number of sulfonamides is 1. The Hall–Kier alpha value is -1.02. The third-order valence-corrected chi connectivity index (χ3v) is 4.00. The Morgan fingerprint density at radius 1 is 1.65 bits per heavy atom. The van der Waals surface area contributed by atoms with Crippen LogP contribution < -0.4 is 0 Å². The fraction of sp³-hybridized carbons (Fsp3) is 0.667. The number of carbonyl (C=O) groups is 1. The number of hydrogen-bond donors (Lipinski definition) is 0. The first-order chi connectivity index (χ1) is 7.72. The number of carbonyl (C=O) groups excluding carboxylic acids is 1. The molecule has 0 aromatic heterocycles. The van der Waals surface area contributed by atoms with Gasteiger partial charge in [-0.3, -0.25) is 4.79 Å². The summed E-state index contributed by atoms with van der Waals surface area (Å²) in [5.41, 5.74) is 0. The number of rotatable bonds is 4. The standard InChI is InChI=1S/C9H13F2NO4S/c1-3-17(14,15)12-6-9(10,11)5-7(12)4-8(13)16-2/h3,7H,1,4-6H2,2H3. The highest BCUT2D eigenvalue weighted by Crippen LogP contribution is 2.35. The van der Waals surface area contributed by atoms with Gasteiger partial charge in [-0.1, -0.05) is 6.58 Å². The van der Waals surface area contributed by atoms with E-state index >= 15 is 0 Å². The summed E-state index contributed by atoms with van der Waals surface area (Å²) >= 11 is 0. The first kappa shape index (κ1) is 14.0. The van der Waals surface area contributed by atoms with Gasteiger partial charge in [0.1, 0.15) is 0 Å². The summed E-state index contributed by atoms with van der Waals surface area (Å²) in [7, 11) is -2.85. The van der Waals surface area contributed by atoms with Gasteiger partial charge in [-0.05, 0) is 0 Å². The average Bonchev–Trinajstić information content (AvgIpc) is 2.54. The molecule has 0 aromatic carbocycles. The van der Waals surface area contributed by atoms with E-state index in [1.54, 1.807) is 0 Å². The Morgan fingerprint density at radius 3 is 2.71 bits per heavy atom. The van der Waals surface area contributed by atoms with Crippen LogP contribution in [0.5, 0.6) is 0 Å². The van der Waals surface area contributed by atoms with Crippen LogP contribution in [-0.4, -0.2) is 44.3 Å². The molecule has 0 spiro atoms. The largest absolute Gasteiger partial charge is 0.469 e. The summed E-state index contributed by atoms with van der Waals surface area (Å²) in [6.45, 7) is 2.14. The van der Waals surface area contributed by atoms with Gasteiger partial charge in [0.25, 0.3) is 5.92 Å². The third-order valence-electron chi connectivity index (χ3n) is 2.50. The fourth-order valence-electron chi connectivity index (χ4n) is 1.71. The van der Waals surface area contributed by atoms with Crippen LogP contribution in [-0.2, 0) is 19.6 Å². The van der Waals surface area contributed by atoms with Gasteiger partial charge in [0.05, 0.1) is 20.1 Å². The van der Waals surface area contributed by atoms with Gasteiger partial charge in [0.15, 0.2) is 0 Å². The van der Waals surface area contributed by atoms with Crippen molar-refractivity contribution in [1.82, 2.24) is 4.31 Å². The van der Waals surface area contributed by atoms with Gasteiger partial charge < -0.3 is 4.74 Å². The average molecular weight is 269 g/mol. The van der Waals surface area contributed by atoms with E-state index in [2.05, 4.69) is 11.3 Å². The van der Waals surface area contributed by atoms with Crippen molar-refractivity contribution >= 4 is 16.0 Å². The third kappa shape index (κ3) is 3.22. The molecule has 98 valence electrons. The number of nitrogens with zero attached hydrogens (tertiary/aromatic N) is 1. The van der Waals surface area contributed by atoms with Crippen LogP contribution in [0.1, 0.15) is 12.8 Å². The number of methoxy groups -OCH3 is 1. The second kappa shape index (κ2) is 4.69. The molecule has 1 saturated heterocycles. The smallest absolute Gasteiger partial charge is 0.307 e. The SMILES string of the molecule is C=CS(=O)(=O)N1CC(F)(F)CC1CC(=O)OC. The molecule has 1 heterocycles. The van der Waals surface area contributed by atoms with Gasteiger partial charge in [-0.2, -0.15) is 4.31 Å². The van der Waals surface area contributed by atoms with Crippen molar-refractivity contribution in [2.24, 2.45) is 0 Å². The molecule has 0 radical (unpaired) electrons. The zero-order valence-corrected chi connectivity index (χ0v) is 10.0. The Balaban J connectivity index is 2.93. The molecule has 5 nitrogen and oxygen atoms in total. The van der Waals surface area contributed by atoms with Crippen LogP contribution in [0.15, 0.2) is 12.0 Å². The Bertz CT molecular complexity index is 421. The molecule has 1 aliphatic heterocycles. The predicted octanol–water partition coefficient (Wildman–Crippen LogP) is 0.732. The van der Waals surface area contributed by atoms with Crippen molar-refractivity contribution in [2.75, 3.05) is 13.7 Å². The number of ether oxygens (including phenoxy) is 1. The Kier molecular flexibility index (Phi) is 3.88. The van der Waals surface area contributed by atoms with E-state index in [0.29, 0.717) is 9.71 Å². The second-order valence-corrected chi connectivity index (χ2v) is 5.58. The van der Waals surface area contributed by atoms with Crippen molar-refractivity contribution in [3.8, 4) is 0 Å². The van der Waals surface area contributed by atoms with E-state index in [-0.39, 0.29) is 6.42 Å². The van der Waals surface area contributed by atoms with Gasteiger partial charge >= 0.3 is 5.97 Å². The molecule has 1 fully saturated rings. The van der Waals surface area contributed by atoms with E-state index in [0.717, 1.165) is 7.11 Å². The molecule has 0 amide bonds. The highest BCUT2D eigenvalue weighted by molar-refractivity contribution is 7.92. The summed E-state index contributed by atoms with van der Waals surface area (Å²) < 4.78 is 54.3. The molecular weight excluding hydrogens is 256 g/mol. The van der Waals surface area contributed by atoms with Gasteiger partial charge in [-0.15, -0.1) is 0 Å². The van der Waals surface area contributed by atoms with Gasteiger partial charge in [0, 0.05) is 17.9 Å². The van der Waals surface area contributed by atoms with Gasteiger partial charge in [-0.25, -0.2) is 17.2 Å². The lowest BCUT2D eigenvalue weighted by Gasteiger charge is -2.20. The van der Waals surface area contributed by atoms with E-state index in [4.69, 9.17) is 0 Å². The minimum atomic E-state index is -3.96. The van der Waals surface area contributed by atoms with Crippen LogP contribution in [0.3, 0.4) is 0 Å². The van der Waals surface area contributed by atoms with Crippen molar-refractivity contribution < 1.29 is 26.7 Å². The molecule has 17 heavy (non-hydrogen) atoms. The molecule has 0 N–H and O–H groups in total. The maximum Gasteiger partial charge on any atom is 0.307 e. The minimum Gasteiger partial charge on any atom is -0.469 e. The van der Waals surface area contributed by atoms with Crippen molar-refractivity contribution in [3.05, 3.63) is 12.0 Å². The molecule has 1 atom stereocenters. The summed E-state index contributed by atoms with van der Waals surface area (Å²) in [5.74, 6) is -3.86. The van der Waals surface area contributed by atoms with Gasteiger partial charge in [0.2, 0.25) is 10.0 Å². The molecule has 8 heteroatoms. The number of esters is 1. The molecule has 1 aliphatic rings. The lowest BCUT2D eigenvalue weighted by Crippen LogP contribution is -2.36. The molecule has 1 rings (SSSR count). The van der Waals surface area contributed by atoms with E-state index in [1.807, 2.05) is 0 Å². The fourth-order valence-corrected chi connectivity index (χ4v) is 2.84. The Morgan fingerprint density at radius 2 is 2.24 bits per heavy atom. The van der Waals surface area contributed by atoms with Crippen molar-refractivity contribution in [2.45, 2.75) is 24.8 Å². The monoisotopic (exact) mass is 269 g/mol. The predicted molar refractivity (Wildman–Crippen MR) is 55.8 cm³/mol. The van der Waals surface area contributed by atoms with Crippen molar-refractivity contribution in [1.29, 1.82) is 0 Å². The molecular formula is C9H13F2NO4S. The molecule has 1 unspecified atom stereocenters. The summed E-state index contributed by atoms with van der Waals surface area (Å²) in [5, 5.41) is 0.596. The van der Waals surface area contributed by atoms with E-state index in [1.165, 1.54) is 0 Å². The zero-order chi connectivity index (χ0) is 13.3. The number of hydrogen-bond acceptors (Lipinski definition) is 4. The first-order valence-electron chi connectivity index (χ1n) is 4.81. The number of alkyl halides is 2. The quantitative estimate of drug-likeness (QED) is 0.706. The minimum absolute atomic E-state index is 0.390. The summed E-state index contributed by atoms with van der Waals surface area (Å²) in [6, 6.07) is -1.08. The molecule has 0 bridgehead atoms. The maximum atomic E-state index is 13.2. The van der Waals surface area contributed by atoms with Crippen LogP contribution in [0.25, 0.3) is 0 Å².